The first-order valence-corrected chi connectivity index (χ1v) is 17.9. The molecule has 2 N–H and O–H groups in total. The summed E-state index contributed by atoms with van der Waals surface area (Å²) in [6.45, 7) is 6.00. The van der Waals surface area contributed by atoms with E-state index in [0.717, 1.165) is 49.3 Å². The van der Waals surface area contributed by atoms with Crippen molar-refractivity contribution in [1.29, 1.82) is 0 Å². The molecule has 2 aliphatic heterocycles. The molecule has 0 spiro atoms. The molecule has 1 fully saturated rings. The Labute approximate surface area is 312 Å². The molecule has 7 nitrogen and oxygen atoms in total. The number of carbonyl (C=O) groups excluding carboxylic acids is 1. The molecule has 2 heterocycles. The number of hydrogen-bond donors (Lipinski definition) is 2. The highest BCUT2D eigenvalue weighted by atomic mass is 35.5. The SMILES string of the molecule is CCCC(Cc1cc2c(cc1Cl)C=C(C(=O)O)C(C(F)(F)F)O2)CC1CC1.CCCNc1c(Cl)cc2c(c1Cl)OC(C(F)(F)F)C(C(=O)OCC)=C2. The molecular formula is C36H38Cl3F6NO6. The average Bonchev–Trinajstić information content (AvgIpc) is 3.87. The van der Waals surface area contributed by atoms with E-state index in [1.165, 1.54) is 31.9 Å². The van der Waals surface area contributed by atoms with Gasteiger partial charge < -0.3 is 24.6 Å². The molecular weight excluding hydrogens is 763 g/mol. The number of hydrogen-bond acceptors (Lipinski definition) is 6. The number of nitrogens with one attached hydrogen (secondary N) is 1. The average molecular weight is 801 g/mol. The zero-order valence-corrected chi connectivity index (χ0v) is 30.7. The zero-order valence-electron chi connectivity index (χ0n) is 28.5. The summed E-state index contributed by atoms with van der Waals surface area (Å²) in [6.07, 6.45) is -5.37. The number of benzene rings is 2. The summed E-state index contributed by atoms with van der Waals surface area (Å²) in [7, 11) is 0. The van der Waals surface area contributed by atoms with Crippen LogP contribution < -0.4 is 14.8 Å². The Morgan fingerprint density at radius 2 is 1.52 bits per heavy atom. The van der Waals surface area contributed by atoms with Crippen LogP contribution in [0.25, 0.3) is 12.2 Å². The van der Waals surface area contributed by atoms with Crippen LogP contribution in [0.2, 0.25) is 15.1 Å². The number of aliphatic carboxylic acids is 1. The maximum absolute atomic E-state index is 13.3. The van der Waals surface area contributed by atoms with Crippen molar-refractivity contribution < 1.29 is 55.2 Å². The Hall–Kier alpha value is -3.29. The Morgan fingerprint density at radius 1 is 0.904 bits per heavy atom. The van der Waals surface area contributed by atoms with E-state index in [9.17, 15) is 35.9 Å². The Balaban J connectivity index is 0.000000234. The minimum Gasteiger partial charge on any atom is -0.478 e. The number of halogens is 9. The highest BCUT2D eigenvalue weighted by molar-refractivity contribution is 6.40. The van der Waals surface area contributed by atoms with E-state index in [4.69, 9.17) is 54.1 Å². The molecule has 0 amide bonds. The molecule has 0 radical (unpaired) electrons. The fraction of sp³-hybridized carbons (Fsp3) is 0.500. The van der Waals surface area contributed by atoms with Crippen LogP contribution in [-0.4, -0.2) is 54.8 Å². The largest absolute Gasteiger partial charge is 0.478 e. The van der Waals surface area contributed by atoms with Crippen LogP contribution >= 0.6 is 34.8 Å². The van der Waals surface area contributed by atoms with Gasteiger partial charge in [-0.05, 0) is 73.9 Å². The second-order valence-electron chi connectivity index (χ2n) is 12.7. The van der Waals surface area contributed by atoms with Gasteiger partial charge in [0, 0.05) is 22.7 Å². The van der Waals surface area contributed by atoms with Crippen molar-refractivity contribution in [3.05, 3.63) is 61.1 Å². The molecule has 3 atom stereocenters. The summed E-state index contributed by atoms with van der Waals surface area (Å²) in [5.41, 5.74) is -0.00314. The summed E-state index contributed by atoms with van der Waals surface area (Å²) < 4.78 is 94.5. The zero-order chi connectivity index (χ0) is 38.5. The predicted octanol–water partition coefficient (Wildman–Crippen LogP) is 11.0. The maximum Gasteiger partial charge on any atom is 0.430 e. The molecule has 5 rings (SSSR count). The first-order valence-electron chi connectivity index (χ1n) is 16.8. The third kappa shape index (κ3) is 10.2. The molecule has 2 aromatic rings. The van der Waals surface area contributed by atoms with Gasteiger partial charge in [0.25, 0.3) is 0 Å². The molecule has 1 saturated carbocycles. The number of carboxylic acid groups (broad SMARTS) is 1. The molecule has 3 unspecified atom stereocenters. The summed E-state index contributed by atoms with van der Waals surface area (Å²) in [5.74, 6) is -1.72. The Morgan fingerprint density at radius 3 is 2.08 bits per heavy atom. The molecule has 0 bridgehead atoms. The van der Waals surface area contributed by atoms with E-state index in [1.807, 2.05) is 6.92 Å². The lowest BCUT2D eigenvalue weighted by atomic mass is 9.89. The number of ether oxygens (including phenoxy) is 3. The van der Waals surface area contributed by atoms with Crippen molar-refractivity contribution in [3.63, 3.8) is 0 Å². The van der Waals surface area contributed by atoms with Crippen molar-refractivity contribution >= 4 is 64.6 Å². The van der Waals surface area contributed by atoms with Gasteiger partial charge in [-0.1, -0.05) is 74.3 Å². The first-order chi connectivity index (χ1) is 24.4. The van der Waals surface area contributed by atoms with Crippen molar-refractivity contribution in [1.82, 2.24) is 0 Å². The van der Waals surface area contributed by atoms with E-state index in [1.54, 1.807) is 6.07 Å². The van der Waals surface area contributed by atoms with Crippen LogP contribution in [-0.2, 0) is 20.7 Å². The highest BCUT2D eigenvalue weighted by Gasteiger charge is 2.50. The number of carbonyl (C=O) groups is 2. The maximum atomic E-state index is 13.3. The van der Waals surface area contributed by atoms with Crippen LogP contribution in [0, 0.1) is 11.8 Å². The van der Waals surface area contributed by atoms with E-state index in [2.05, 4.69) is 12.2 Å². The third-order valence-electron chi connectivity index (χ3n) is 8.52. The van der Waals surface area contributed by atoms with Crippen molar-refractivity contribution in [2.24, 2.45) is 11.8 Å². The van der Waals surface area contributed by atoms with Crippen LogP contribution in [0.15, 0.2) is 29.3 Å². The van der Waals surface area contributed by atoms with E-state index >= 15 is 0 Å². The predicted molar refractivity (Wildman–Crippen MR) is 187 cm³/mol. The summed E-state index contributed by atoms with van der Waals surface area (Å²) in [5, 5.41) is 12.6. The lowest BCUT2D eigenvalue weighted by molar-refractivity contribution is -0.187. The normalized spacial score (nSPS) is 18.6. The van der Waals surface area contributed by atoms with Gasteiger partial charge in [0.05, 0.1) is 28.5 Å². The quantitative estimate of drug-likeness (QED) is 0.163. The lowest BCUT2D eigenvalue weighted by Gasteiger charge is -2.29. The molecule has 2 aromatic carbocycles. The highest BCUT2D eigenvalue weighted by Crippen LogP contribution is 2.47. The monoisotopic (exact) mass is 799 g/mol. The van der Waals surface area contributed by atoms with Gasteiger partial charge in [-0.2, -0.15) is 26.3 Å². The number of esters is 1. The Kier molecular flexibility index (Phi) is 13.7. The third-order valence-corrected chi connectivity index (χ3v) is 9.53. The van der Waals surface area contributed by atoms with Crippen molar-refractivity contribution in [2.75, 3.05) is 18.5 Å². The number of anilines is 1. The van der Waals surface area contributed by atoms with Crippen molar-refractivity contribution in [2.45, 2.75) is 90.3 Å². The molecule has 16 heteroatoms. The summed E-state index contributed by atoms with van der Waals surface area (Å²) >= 11 is 18.7. The fourth-order valence-corrected chi connectivity index (χ4v) is 6.89. The van der Waals surface area contributed by atoms with Crippen molar-refractivity contribution in [3.8, 4) is 11.5 Å². The molecule has 0 aromatic heterocycles. The minimum absolute atomic E-state index is 0.0309. The van der Waals surface area contributed by atoms with E-state index in [-0.39, 0.29) is 45.0 Å². The second-order valence-corrected chi connectivity index (χ2v) is 13.9. The topological polar surface area (TPSA) is 94.1 Å². The molecule has 3 aliphatic rings. The molecule has 286 valence electrons. The first kappa shape index (κ1) is 41.5. The number of alkyl halides is 6. The minimum atomic E-state index is -4.81. The Bertz CT molecular complexity index is 1710. The van der Waals surface area contributed by atoms with Gasteiger partial charge in [-0.25, -0.2) is 9.59 Å². The van der Waals surface area contributed by atoms with Gasteiger partial charge >= 0.3 is 24.3 Å². The number of carboxylic acids is 1. The lowest BCUT2D eigenvalue weighted by Crippen LogP contribution is -2.41. The van der Waals surface area contributed by atoms with Gasteiger partial charge in [0.2, 0.25) is 12.2 Å². The van der Waals surface area contributed by atoms with Gasteiger partial charge in [0.1, 0.15) is 16.5 Å². The van der Waals surface area contributed by atoms with E-state index < -0.39 is 47.6 Å². The molecule has 1 aliphatic carbocycles. The summed E-state index contributed by atoms with van der Waals surface area (Å²) in [4.78, 5) is 23.1. The number of rotatable bonds is 12. The smallest absolute Gasteiger partial charge is 0.430 e. The van der Waals surface area contributed by atoms with Crippen LogP contribution in [0.4, 0.5) is 32.0 Å². The van der Waals surface area contributed by atoms with Crippen LogP contribution in [0.1, 0.15) is 76.0 Å². The molecule has 52 heavy (non-hydrogen) atoms. The number of fused-ring (bicyclic) bond motifs is 2. The van der Waals surface area contributed by atoms with Gasteiger partial charge in [0.15, 0.2) is 0 Å². The van der Waals surface area contributed by atoms with Crippen LogP contribution in [0.5, 0.6) is 11.5 Å². The van der Waals surface area contributed by atoms with Gasteiger partial charge in [-0.15, -0.1) is 0 Å². The fourth-order valence-electron chi connectivity index (χ4n) is 5.99. The standard InChI is InChI=1S/C20H22ClF3O3.C16H16Cl2F3NO3/c1-2-3-12(6-11-4-5-11)7-13-10-17-14(9-16(13)21)8-15(19(25)26)18(27-17)20(22,23)24;1-3-5-22-12-10(17)7-8-6-9(15(23)24-4-2)14(16(19,20)21)25-13(8)11(12)18/h8-12,18H,2-7H2,1H3,(H,25,26);6-7,14,22H,3-5H2,1-2H3. The summed E-state index contributed by atoms with van der Waals surface area (Å²) in [6, 6.07) is 4.44. The molecule has 0 saturated heterocycles. The second kappa shape index (κ2) is 17.2. The van der Waals surface area contributed by atoms with Crippen LogP contribution in [0.3, 0.4) is 0 Å². The van der Waals surface area contributed by atoms with E-state index in [0.29, 0.717) is 23.9 Å². The van der Waals surface area contributed by atoms with Gasteiger partial charge in [-0.3, -0.25) is 0 Å².